The summed E-state index contributed by atoms with van der Waals surface area (Å²) in [6, 6.07) is 36.4. The number of methoxy groups -OCH3 is 4. The molecular formula is C56H68BrN5O6. The van der Waals surface area contributed by atoms with Gasteiger partial charge in [0, 0.05) is 85.0 Å². The molecule has 0 spiro atoms. The van der Waals surface area contributed by atoms with Crippen molar-refractivity contribution in [2.45, 2.75) is 63.5 Å². The van der Waals surface area contributed by atoms with Gasteiger partial charge < -0.3 is 33.6 Å². The first-order valence-corrected chi connectivity index (χ1v) is 25.0. The summed E-state index contributed by atoms with van der Waals surface area (Å²) in [5.41, 5.74) is 6.40. The van der Waals surface area contributed by atoms with E-state index in [1.54, 1.807) is 46.6 Å². The molecular weight excluding hydrogens is 919 g/mol. The van der Waals surface area contributed by atoms with Gasteiger partial charge in [-0.3, -0.25) is 19.4 Å². The number of rotatable bonds is 18. The Bertz CT molecular complexity index is 2490. The Kier molecular flexibility index (Phi) is 16.3. The van der Waals surface area contributed by atoms with Crippen LogP contribution in [-0.2, 0) is 0 Å². The third kappa shape index (κ3) is 12.2. The lowest BCUT2D eigenvalue weighted by Gasteiger charge is -2.31. The number of likely N-dealkylation sites (tertiary alicyclic amines) is 2. The average molecular weight is 987 g/mol. The van der Waals surface area contributed by atoms with Gasteiger partial charge in [0.2, 0.25) is 0 Å². The van der Waals surface area contributed by atoms with E-state index in [2.05, 4.69) is 79.2 Å². The summed E-state index contributed by atoms with van der Waals surface area (Å²) in [6.45, 7) is 5.94. The maximum Gasteiger partial charge on any atom is 0.258 e. The molecule has 0 bridgehead atoms. The molecule has 2 amide bonds. The van der Waals surface area contributed by atoms with E-state index in [0.717, 1.165) is 77.0 Å². The summed E-state index contributed by atoms with van der Waals surface area (Å²) < 4.78 is 22.6. The second-order valence-corrected chi connectivity index (χ2v) is 19.8. The number of anilines is 3. The van der Waals surface area contributed by atoms with Crippen molar-refractivity contribution < 1.29 is 28.5 Å². The largest absolute Gasteiger partial charge is 0.493 e. The van der Waals surface area contributed by atoms with Gasteiger partial charge >= 0.3 is 0 Å². The van der Waals surface area contributed by atoms with E-state index >= 15 is 0 Å². The van der Waals surface area contributed by atoms with Gasteiger partial charge in [-0.2, -0.15) is 0 Å². The fourth-order valence-electron chi connectivity index (χ4n) is 9.68. The normalized spacial score (nSPS) is 18.0. The van der Waals surface area contributed by atoms with Crippen LogP contribution in [0.3, 0.4) is 0 Å². The number of halogens is 1. The molecule has 5 aromatic rings. The summed E-state index contributed by atoms with van der Waals surface area (Å²) >= 11 is 3.56. The highest BCUT2D eigenvalue weighted by Crippen LogP contribution is 2.37. The molecule has 360 valence electrons. The topological polar surface area (TPSA) is 87.3 Å². The first-order valence-electron chi connectivity index (χ1n) is 24.2. The smallest absolute Gasteiger partial charge is 0.258 e. The van der Waals surface area contributed by atoms with Gasteiger partial charge in [0.1, 0.15) is 0 Å². The van der Waals surface area contributed by atoms with E-state index in [1.807, 2.05) is 66.4 Å². The van der Waals surface area contributed by atoms with E-state index in [4.69, 9.17) is 18.9 Å². The van der Waals surface area contributed by atoms with Crippen molar-refractivity contribution in [2.24, 2.45) is 11.8 Å². The Labute approximate surface area is 412 Å². The zero-order valence-corrected chi connectivity index (χ0v) is 42.3. The minimum absolute atomic E-state index is 0.0210. The van der Waals surface area contributed by atoms with Crippen LogP contribution < -0.4 is 33.6 Å². The molecule has 0 unspecified atom stereocenters. The molecule has 2 heterocycles. The van der Waals surface area contributed by atoms with Crippen molar-refractivity contribution in [1.29, 1.82) is 0 Å². The standard InChI is InChI=1S/C32H39N3O3.C24H29BrN2O3/c1-33(2)27-15-12-24(13-16-27)25-7-5-8-28(19-25)35(22-29-9-6-18-34(29)21-23-10-11-23)32(36)26-14-17-30(37-3)31(20-26)38-4;1-29-22-11-10-18(13-23(22)30-2)24(28)27(20-6-3-5-19(25)14-20)16-21-7-4-12-26(21)15-17-8-9-17/h5,7-8,12-17,19-20,23,29H,6,9-11,18,21-22H2,1-4H3;3,5-6,10-11,13-14,17,21H,4,7-9,12,15-16H2,1-2H3/t29-;21-/m00/s1. The molecule has 68 heavy (non-hydrogen) atoms. The molecule has 2 aliphatic heterocycles. The van der Waals surface area contributed by atoms with Gasteiger partial charge in [0.25, 0.3) is 11.8 Å². The molecule has 2 atom stereocenters. The number of ether oxygens (including phenoxy) is 4. The third-order valence-corrected chi connectivity index (χ3v) is 14.4. The molecule has 4 fully saturated rings. The van der Waals surface area contributed by atoms with Gasteiger partial charge in [-0.25, -0.2) is 0 Å². The van der Waals surface area contributed by atoms with Crippen molar-refractivity contribution in [3.63, 3.8) is 0 Å². The molecule has 9 rings (SSSR count). The third-order valence-electron chi connectivity index (χ3n) is 13.9. The van der Waals surface area contributed by atoms with Gasteiger partial charge in [0.05, 0.1) is 28.4 Å². The van der Waals surface area contributed by atoms with Crippen LogP contribution in [-0.4, -0.2) is 116 Å². The average Bonchev–Trinajstić information content (AvgIpc) is 4.29. The van der Waals surface area contributed by atoms with Crippen LogP contribution in [0, 0.1) is 11.8 Å². The molecule has 0 N–H and O–H groups in total. The molecule has 5 aromatic carbocycles. The monoisotopic (exact) mass is 985 g/mol. The highest BCUT2D eigenvalue weighted by atomic mass is 79.9. The molecule has 2 saturated heterocycles. The highest BCUT2D eigenvalue weighted by Gasteiger charge is 2.35. The van der Waals surface area contributed by atoms with E-state index in [-0.39, 0.29) is 11.8 Å². The van der Waals surface area contributed by atoms with Crippen molar-refractivity contribution in [3.8, 4) is 34.1 Å². The quantitative estimate of drug-likeness (QED) is 0.0852. The van der Waals surface area contributed by atoms with Crippen LogP contribution in [0.5, 0.6) is 23.0 Å². The lowest BCUT2D eigenvalue weighted by molar-refractivity contribution is 0.0970. The van der Waals surface area contributed by atoms with Crippen LogP contribution in [0.15, 0.2) is 114 Å². The van der Waals surface area contributed by atoms with Gasteiger partial charge in [0.15, 0.2) is 23.0 Å². The highest BCUT2D eigenvalue weighted by molar-refractivity contribution is 9.10. The number of amides is 2. The maximum atomic E-state index is 14.1. The van der Waals surface area contributed by atoms with E-state index < -0.39 is 0 Å². The van der Waals surface area contributed by atoms with E-state index in [0.29, 0.717) is 59.3 Å². The first kappa shape index (κ1) is 48.9. The number of hydrogen-bond donors (Lipinski definition) is 0. The fourth-order valence-corrected chi connectivity index (χ4v) is 10.1. The lowest BCUT2D eigenvalue weighted by Crippen LogP contribution is -2.44. The summed E-state index contributed by atoms with van der Waals surface area (Å²) in [5, 5.41) is 0. The molecule has 0 radical (unpaired) electrons. The first-order chi connectivity index (χ1) is 33.0. The molecule has 2 saturated carbocycles. The zero-order chi connectivity index (χ0) is 47.7. The van der Waals surface area contributed by atoms with Crippen molar-refractivity contribution in [2.75, 3.05) is 96.5 Å². The van der Waals surface area contributed by atoms with Gasteiger partial charge in [-0.05, 0) is 166 Å². The van der Waals surface area contributed by atoms with Crippen LogP contribution in [0.2, 0.25) is 0 Å². The number of benzene rings is 5. The Balaban J connectivity index is 0.000000189. The van der Waals surface area contributed by atoms with Gasteiger partial charge in [-0.1, -0.05) is 46.3 Å². The van der Waals surface area contributed by atoms with Crippen molar-refractivity contribution in [1.82, 2.24) is 9.80 Å². The number of carbonyl (C=O) groups excluding carboxylic acids is 2. The zero-order valence-electron chi connectivity index (χ0n) is 40.7. The van der Waals surface area contributed by atoms with Crippen LogP contribution >= 0.6 is 15.9 Å². The molecule has 0 aromatic heterocycles. The predicted octanol–water partition coefficient (Wildman–Crippen LogP) is 10.9. The van der Waals surface area contributed by atoms with E-state index in [9.17, 15) is 9.59 Å². The molecule has 11 nitrogen and oxygen atoms in total. The minimum atomic E-state index is -0.0238. The summed E-state index contributed by atoms with van der Waals surface area (Å²) in [6.07, 6.45) is 10.0. The van der Waals surface area contributed by atoms with Crippen LogP contribution in [0.1, 0.15) is 72.1 Å². The van der Waals surface area contributed by atoms with E-state index in [1.165, 1.54) is 45.1 Å². The second kappa shape index (κ2) is 22.7. The van der Waals surface area contributed by atoms with Crippen molar-refractivity contribution >= 4 is 44.8 Å². The summed E-state index contributed by atoms with van der Waals surface area (Å²) in [7, 11) is 10.5. The number of hydrogen-bond acceptors (Lipinski definition) is 9. The summed E-state index contributed by atoms with van der Waals surface area (Å²) in [5.74, 6) is 4.00. The molecule has 4 aliphatic rings. The lowest BCUT2D eigenvalue weighted by atomic mass is 10.0. The Hall–Kier alpha value is -5.56. The van der Waals surface area contributed by atoms with Crippen LogP contribution in [0.25, 0.3) is 11.1 Å². The Morgan fingerprint density at radius 1 is 0.529 bits per heavy atom. The van der Waals surface area contributed by atoms with Crippen LogP contribution in [0.4, 0.5) is 17.1 Å². The summed E-state index contributed by atoms with van der Waals surface area (Å²) in [4.78, 5) is 38.9. The molecule has 2 aliphatic carbocycles. The van der Waals surface area contributed by atoms with Gasteiger partial charge in [-0.15, -0.1) is 0 Å². The fraction of sp³-hybridized carbons (Fsp3) is 0.429. The Morgan fingerprint density at radius 2 is 1.00 bits per heavy atom. The SMILES string of the molecule is COc1ccc(C(=O)N(C[C@@H]2CCCN2CC2CC2)c2cccc(-c3ccc(N(C)C)cc3)c2)cc1OC.COc1ccc(C(=O)N(C[C@@H]2CCCN2CC2CC2)c2cccc(Br)c2)cc1OC. The second-order valence-electron chi connectivity index (χ2n) is 18.9. The number of nitrogens with zero attached hydrogens (tertiary/aromatic N) is 5. The number of carbonyl (C=O) groups is 2. The predicted molar refractivity (Wildman–Crippen MR) is 277 cm³/mol. The maximum absolute atomic E-state index is 14.1. The Morgan fingerprint density at radius 3 is 1.44 bits per heavy atom. The minimum Gasteiger partial charge on any atom is -0.493 e. The molecule has 12 heteroatoms. The van der Waals surface area contributed by atoms with Crippen molar-refractivity contribution in [3.05, 3.63) is 125 Å².